The smallest absolute Gasteiger partial charge is 0.350 e. The number of aromatic nitrogens is 2. The number of hydrogen-bond donors (Lipinski definition) is 4. The topological polar surface area (TPSA) is 156 Å². The predicted molar refractivity (Wildman–Crippen MR) is 167 cm³/mol. The van der Waals surface area contributed by atoms with E-state index < -0.39 is 29.2 Å². The van der Waals surface area contributed by atoms with Crippen LogP contribution in [0.4, 0.5) is 35.2 Å². The summed E-state index contributed by atoms with van der Waals surface area (Å²) < 4.78 is 48.6. The Labute approximate surface area is 263 Å². The van der Waals surface area contributed by atoms with E-state index in [1.54, 1.807) is 10.8 Å². The fourth-order valence-corrected chi connectivity index (χ4v) is 6.26. The molecular weight excluding hydrogens is 603 g/mol. The molecule has 15 heteroatoms. The molecule has 46 heavy (non-hydrogen) atoms. The minimum Gasteiger partial charge on any atom is -0.450 e. The molecule has 0 spiro atoms. The molecule has 2 amide bonds. The molecule has 4 heterocycles. The number of urea groups is 1. The first kappa shape index (κ1) is 31.2. The van der Waals surface area contributed by atoms with Crippen LogP contribution in [0.1, 0.15) is 49.6 Å². The van der Waals surface area contributed by atoms with Gasteiger partial charge in [-0.25, -0.2) is 22.8 Å². The Morgan fingerprint density at radius 3 is 2.48 bits per heavy atom. The fourth-order valence-electron chi connectivity index (χ4n) is 6.26. The van der Waals surface area contributed by atoms with Gasteiger partial charge in [-0.1, -0.05) is 6.07 Å². The third-order valence-corrected chi connectivity index (χ3v) is 8.78. The summed E-state index contributed by atoms with van der Waals surface area (Å²) in [7, 11) is 0. The van der Waals surface area contributed by atoms with Gasteiger partial charge in [0.15, 0.2) is 34.9 Å². The van der Waals surface area contributed by atoms with Crippen molar-refractivity contribution in [1.82, 2.24) is 19.4 Å². The summed E-state index contributed by atoms with van der Waals surface area (Å²) in [5, 5.41) is 5.58. The van der Waals surface area contributed by atoms with Crippen molar-refractivity contribution in [3.63, 3.8) is 0 Å². The number of nitrogens with one attached hydrogen (secondary N) is 2. The Hall–Kier alpha value is -4.79. The lowest BCUT2D eigenvalue weighted by atomic mass is 9.89. The lowest BCUT2D eigenvalue weighted by Crippen LogP contribution is -2.40. The highest BCUT2D eigenvalue weighted by Crippen LogP contribution is 2.43. The van der Waals surface area contributed by atoms with Gasteiger partial charge < -0.3 is 36.6 Å². The molecule has 0 atom stereocenters. The molecule has 3 aromatic rings. The zero-order valence-corrected chi connectivity index (χ0v) is 25.1. The third kappa shape index (κ3) is 6.88. The molecular formula is C31H36F3N9O3. The molecule has 0 unspecified atom stereocenters. The number of benzene rings is 2. The molecule has 6 rings (SSSR count). The molecule has 0 saturated carbocycles. The molecule has 2 aromatic carbocycles. The minimum atomic E-state index is -1.32. The number of aliphatic imine (C=N–C) groups is 1. The summed E-state index contributed by atoms with van der Waals surface area (Å²) in [6.45, 7) is 3.98. The molecule has 2 saturated heterocycles. The van der Waals surface area contributed by atoms with Gasteiger partial charge in [0.05, 0.1) is 17.6 Å². The summed E-state index contributed by atoms with van der Waals surface area (Å²) in [4.78, 5) is 37.9. The number of amides is 2. The number of anilines is 3. The monoisotopic (exact) mass is 639 g/mol. The highest BCUT2D eigenvalue weighted by Gasteiger charge is 2.28. The van der Waals surface area contributed by atoms with Crippen LogP contribution in [0.3, 0.4) is 0 Å². The van der Waals surface area contributed by atoms with Crippen molar-refractivity contribution in [3.8, 4) is 11.5 Å². The largest absolute Gasteiger partial charge is 0.450 e. The van der Waals surface area contributed by atoms with Gasteiger partial charge in [0.25, 0.3) is 0 Å². The number of likely N-dealkylation sites (tertiary alicyclic amines) is 2. The average molecular weight is 640 g/mol. The van der Waals surface area contributed by atoms with Crippen LogP contribution in [0.25, 0.3) is 0 Å². The highest BCUT2D eigenvalue weighted by atomic mass is 19.2. The number of nitrogens with two attached hydrogens (primary N) is 2. The summed E-state index contributed by atoms with van der Waals surface area (Å²) in [6, 6.07) is 6.30. The quantitative estimate of drug-likeness (QED) is 0.101. The number of carbonyl (C=O) groups excluding carboxylic acids is 1. The summed E-state index contributed by atoms with van der Waals surface area (Å²) >= 11 is 0. The van der Waals surface area contributed by atoms with Crippen molar-refractivity contribution < 1.29 is 22.7 Å². The number of piperidine rings is 2. The maximum absolute atomic E-state index is 14.0. The minimum absolute atomic E-state index is 0.0236. The zero-order chi connectivity index (χ0) is 32.4. The number of guanidine groups is 1. The van der Waals surface area contributed by atoms with E-state index >= 15 is 0 Å². The number of carbonyl (C=O) groups is 1. The van der Waals surface area contributed by atoms with E-state index in [9.17, 15) is 22.8 Å². The Bertz CT molecular complexity index is 1700. The van der Waals surface area contributed by atoms with Gasteiger partial charge in [-0.3, -0.25) is 9.56 Å². The molecule has 3 aliphatic heterocycles. The van der Waals surface area contributed by atoms with Crippen LogP contribution < -0.4 is 32.5 Å². The van der Waals surface area contributed by atoms with Crippen LogP contribution in [0, 0.1) is 17.5 Å². The van der Waals surface area contributed by atoms with Crippen LogP contribution in [0.5, 0.6) is 11.5 Å². The van der Waals surface area contributed by atoms with Crippen molar-refractivity contribution in [1.29, 1.82) is 0 Å². The van der Waals surface area contributed by atoms with E-state index in [0.29, 0.717) is 67.6 Å². The third-order valence-electron chi connectivity index (χ3n) is 8.78. The van der Waals surface area contributed by atoms with Crippen LogP contribution in [-0.4, -0.2) is 70.6 Å². The van der Waals surface area contributed by atoms with Gasteiger partial charge in [-0.05, 0) is 62.3 Å². The molecule has 3 aliphatic rings. The maximum atomic E-state index is 14.0. The average Bonchev–Trinajstić information content (AvgIpc) is 3.04. The molecule has 6 N–H and O–H groups in total. The van der Waals surface area contributed by atoms with Crippen LogP contribution in [-0.2, 0) is 0 Å². The van der Waals surface area contributed by atoms with E-state index in [1.165, 1.54) is 4.90 Å². The molecule has 2 fully saturated rings. The van der Waals surface area contributed by atoms with E-state index in [4.69, 9.17) is 16.2 Å². The number of nitrogens with zero attached hydrogens (tertiary/aromatic N) is 5. The first-order chi connectivity index (χ1) is 22.1. The number of rotatable bonds is 7. The second kappa shape index (κ2) is 13.3. The summed E-state index contributed by atoms with van der Waals surface area (Å²) in [5.74, 6) is -1.92. The van der Waals surface area contributed by atoms with Crippen LogP contribution in [0.15, 0.2) is 46.3 Å². The lowest BCUT2D eigenvalue weighted by molar-refractivity contribution is 0.182. The number of hydrogen-bond acceptors (Lipinski definition) is 7. The molecule has 0 bridgehead atoms. The fraction of sp³-hybridized carbons (Fsp3) is 0.419. The van der Waals surface area contributed by atoms with Crippen molar-refractivity contribution in [3.05, 3.63) is 70.0 Å². The van der Waals surface area contributed by atoms with Gasteiger partial charge >= 0.3 is 11.7 Å². The van der Waals surface area contributed by atoms with E-state index in [0.717, 1.165) is 44.5 Å². The second-order valence-electron chi connectivity index (χ2n) is 11.8. The van der Waals surface area contributed by atoms with Crippen molar-refractivity contribution in [2.45, 2.75) is 44.1 Å². The second-order valence-corrected chi connectivity index (χ2v) is 11.8. The molecule has 0 aliphatic carbocycles. The van der Waals surface area contributed by atoms with Crippen molar-refractivity contribution >= 4 is 29.2 Å². The first-order valence-electron chi connectivity index (χ1n) is 15.3. The lowest BCUT2D eigenvalue weighted by Gasteiger charge is -2.33. The Kier molecular flexibility index (Phi) is 9.01. The Morgan fingerprint density at radius 2 is 1.74 bits per heavy atom. The Morgan fingerprint density at radius 1 is 1.00 bits per heavy atom. The van der Waals surface area contributed by atoms with E-state index in [1.807, 2.05) is 18.2 Å². The van der Waals surface area contributed by atoms with E-state index in [-0.39, 0.29) is 23.6 Å². The van der Waals surface area contributed by atoms with Gasteiger partial charge in [-0.15, -0.1) is 0 Å². The van der Waals surface area contributed by atoms with Gasteiger partial charge in [0.2, 0.25) is 0 Å². The molecule has 244 valence electrons. The summed E-state index contributed by atoms with van der Waals surface area (Å²) in [5.41, 5.74) is 11.7. The van der Waals surface area contributed by atoms with Crippen molar-refractivity contribution in [2.75, 3.05) is 49.9 Å². The Balaban J connectivity index is 1.04. The number of ether oxygens (including phenoxy) is 1. The molecule has 1 aromatic heterocycles. The molecule has 0 radical (unpaired) electrons. The maximum Gasteiger partial charge on any atom is 0.350 e. The SMILES string of the molecule is NC(N)=NCCCN1CCC(n2cc3c(nc2=O)Nc2cc(C4CCN(C(=O)Nc5cc(F)c(F)cc5F)CC4)ccc2O3)CC1. The van der Waals surface area contributed by atoms with Crippen LogP contribution >= 0.6 is 0 Å². The van der Waals surface area contributed by atoms with Crippen molar-refractivity contribution in [2.24, 2.45) is 16.5 Å². The predicted octanol–water partition coefficient (Wildman–Crippen LogP) is 4.22. The van der Waals surface area contributed by atoms with E-state index in [2.05, 4.69) is 25.5 Å². The standard InChI is InChI=1S/C31H36F3N9O3/c32-21-15-23(34)24(16-22(21)33)39-30(44)42-12-4-18(5-13-42)19-2-3-26-25(14-19)38-28-27(46-26)17-43(31(45)40-28)20-6-10-41(11-7-20)9-1-8-37-29(35)36/h2-3,14-18,20H,1,4-13H2,(H,39,44)(H4,35,36,37)(H,38,40,45). The van der Waals surface area contributed by atoms with Gasteiger partial charge in [0, 0.05) is 50.9 Å². The van der Waals surface area contributed by atoms with Crippen LogP contribution in [0.2, 0.25) is 0 Å². The normalized spacial score (nSPS) is 17.0. The highest BCUT2D eigenvalue weighted by molar-refractivity contribution is 5.89. The number of fused-ring (bicyclic) bond motifs is 2. The first-order valence-corrected chi connectivity index (χ1v) is 15.3. The molecule has 12 nitrogen and oxygen atoms in total. The zero-order valence-electron chi connectivity index (χ0n) is 25.1. The van der Waals surface area contributed by atoms with Gasteiger partial charge in [0.1, 0.15) is 5.82 Å². The number of halogens is 3. The summed E-state index contributed by atoms with van der Waals surface area (Å²) in [6.07, 6.45) is 5.52. The van der Waals surface area contributed by atoms with Gasteiger partial charge in [-0.2, -0.15) is 4.98 Å².